The molecule has 0 saturated carbocycles. The van der Waals surface area contributed by atoms with E-state index in [2.05, 4.69) is 9.88 Å². The van der Waals surface area contributed by atoms with Gasteiger partial charge in [-0.1, -0.05) is 0 Å². The maximum atomic E-state index is 11.2. The number of anilines is 1. The van der Waals surface area contributed by atoms with E-state index in [-0.39, 0.29) is 5.78 Å². The second-order valence-electron chi connectivity index (χ2n) is 3.55. The summed E-state index contributed by atoms with van der Waals surface area (Å²) in [6.07, 6.45) is 1.68. The van der Waals surface area contributed by atoms with Crippen LogP contribution < -0.4 is 4.90 Å². The first-order valence-corrected chi connectivity index (χ1v) is 5.07. The van der Waals surface area contributed by atoms with Gasteiger partial charge in [0, 0.05) is 31.9 Å². The van der Waals surface area contributed by atoms with Crippen LogP contribution in [0.5, 0.6) is 0 Å². The molecule has 1 aromatic rings. The Hall–Kier alpha value is -1.42. The van der Waals surface area contributed by atoms with Crippen LogP contribution in [0.2, 0.25) is 0 Å². The van der Waals surface area contributed by atoms with E-state index in [1.165, 1.54) is 6.92 Å². The maximum Gasteiger partial charge on any atom is 0.178 e. The van der Waals surface area contributed by atoms with E-state index in [4.69, 9.17) is 4.74 Å². The average molecular weight is 206 g/mol. The van der Waals surface area contributed by atoms with Gasteiger partial charge in [0.15, 0.2) is 5.78 Å². The average Bonchev–Trinajstić information content (AvgIpc) is 2.30. The van der Waals surface area contributed by atoms with Crippen LogP contribution in [0.1, 0.15) is 17.4 Å². The first-order valence-electron chi connectivity index (χ1n) is 5.07. The van der Waals surface area contributed by atoms with Crippen molar-refractivity contribution in [3.05, 3.63) is 24.0 Å². The molecule has 4 nitrogen and oxygen atoms in total. The van der Waals surface area contributed by atoms with E-state index in [0.717, 1.165) is 32.0 Å². The van der Waals surface area contributed by atoms with Crippen molar-refractivity contribution < 1.29 is 9.53 Å². The molecule has 0 radical (unpaired) electrons. The van der Waals surface area contributed by atoms with Crippen LogP contribution in [-0.4, -0.2) is 37.1 Å². The van der Waals surface area contributed by atoms with Gasteiger partial charge in [-0.25, -0.2) is 0 Å². The highest BCUT2D eigenvalue weighted by molar-refractivity contribution is 5.92. The number of ketones is 1. The third-order valence-corrected chi connectivity index (χ3v) is 2.48. The molecule has 0 unspecified atom stereocenters. The fraction of sp³-hybridized carbons (Fsp3) is 0.455. The fourth-order valence-corrected chi connectivity index (χ4v) is 1.63. The molecule has 4 heteroatoms. The van der Waals surface area contributed by atoms with E-state index in [9.17, 15) is 4.79 Å². The topological polar surface area (TPSA) is 42.4 Å². The Kier molecular flexibility index (Phi) is 2.97. The molecule has 2 rings (SSSR count). The van der Waals surface area contributed by atoms with Gasteiger partial charge >= 0.3 is 0 Å². The van der Waals surface area contributed by atoms with Crippen LogP contribution in [-0.2, 0) is 4.74 Å². The molecule has 0 amide bonds. The van der Waals surface area contributed by atoms with Gasteiger partial charge in [0.05, 0.1) is 13.2 Å². The molecule has 0 N–H and O–H groups in total. The summed E-state index contributed by atoms with van der Waals surface area (Å²) in [5, 5.41) is 0. The van der Waals surface area contributed by atoms with E-state index >= 15 is 0 Å². The second kappa shape index (κ2) is 4.40. The number of ether oxygens (including phenoxy) is 1. The van der Waals surface area contributed by atoms with Crippen molar-refractivity contribution in [1.82, 2.24) is 4.98 Å². The zero-order valence-corrected chi connectivity index (χ0v) is 8.77. The zero-order chi connectivity index (χ0) is 10.7. The monoisotopic (exact) mass is 206 g/mol. The lowest BCUT2D eigenvalue weighted by Crippen LogP contribution is -2.36. The predicted octanol–water partition coefficient (Wildman–Crippen LogP) is 1.12. The molecular formula is C11H14N2O2. The van der Waals surface area contributed by atoms with Gasteiger partial charge in [0.2, 0.25) is 0 Å². The number of nitrogens with zero attached hydrogens (tertiary/aromatic N) is 2. The number of Topliss-reactive ketones (excluding diaryl/α,β-unsaturated/α-hetero) is 1. The second-order valence-corrected chi connectivity index (χ2v) is 3.55. The van der Waals surface area contributed by atoms with E-state index in [1.54, 1.807) is 6.20 Å². The van der Waals surface area contributed by atoms with Gasteiger partial charge in [0.25, 0.3) is 0 Å². The molecule has 80 valence electrons. The number of aromatic nitrogens is 1. The number of hydrogen-bond acceptors (Lipinski definition) is 4. The first kappa shape index (κ1) is 10.1. The van der Waals surface area contributed by atoms with Gasteiger partial charge in [-0.15, -0.1) is 0 Å². The van der Waals surface area contributed by atoms with Crippen LogP contribution >= 0.6 is 0 Å². The molecule has 1 saturated heterocycles. The number of pyridine rings is 1. The minimum absolute atomic E-state index is 0.00473. The molecule has 0 bridgehead atoms. The van der Waals surface area contributed by atoms with Crippen molar-refractivity contribution in [2.24, 2.45) is 0 Å². The van der Waals surface area contributed by atoms with Gasteiger partial charge in [0.1, 0.15) is 5.69 Å². The summed E-state index contributed by atoms with van der Waals surface area (Å²) in [5.74, 6) is 0.00473. The summed E-state index contributed by atoms with van der Waals surface area (Å²) < 4.78 is 5.27. The smallest absolute Gasteiger partial charge is 0.178 e. The third kappa shape index (κ3) is 2.33. The summed E-state index contributed by atoms with van der Waals surface area (Å²) in [5.41, 5.74) is 1.58. The number of carbonyl (C=O) groups excluding carboxylic acids is 1. The zero-order valence-electron chi connectivity index (χ0n) is 8.77. The summed E-state index contributed by atoms with van der Waals surface area (Å²) in [6, 6.07) is 3.77. The standard InChI is InChI=1S/C11H14N2O2/c1-9(14)11-8-10(2-3-12-11)13-4-6-15-7-5-13/h2-3,8H,4-7H2,1H3. The Morgan fingerprint density at radius 1 is 1.47 bits per heavy atom. The van der Waals surface area contributed by atoms with Crippen LogP contribution in [0.25, 0.3) is 0 Å². The van der Waals surface area contributed by atoms with E-state index < -0.39 is 0 Å². The Morgan fingerprint density at radius 3 is 2.87 bits per heavy atom. The molecule has 1 fully saturated rings. The van der Waals surface area contributed by atoms with Crippen molar-refractivity contribution >= 4 is 11.5 Å². The highest BCUT2D eigenvalue weighted by Gasteiger charge is 2.12. The maximum absolute atomic E-state index is 11.2. The molecule has 2 heterocycles. The molecule has 1 aliphatic heterocycles. The number of hydrogen-bond donors (Lipinski definition) is 0. The van der Waals surface area contributed by atoms with Gasteiger partial charge in [-0.05, 0) is 12.1 Å². The van der Waals surface area contributed by atoms with Gasteiger partial charge in [-0.2, -0.15) is 0 Å². The summed E-state index contributed by atoms with van der Waals surface area (Å²) in [6.45, 7) is 4.78. The van der Waals surface area contributed by atoms with E-state index in [1.807, 2.05) is 12.1 Å². The number of carbonyl (C=O) groups is 1. The number of rotatable bonds is 2. The predicted molar refractivity (Wildman–Crippen MR) is 57.3 cm³/mol. The molecule has 1 aromatic heterocycles. The first-order chi connectivity index (χ1) is 7.27. The Bertz CT molecular complexity index is 359. The van der Waals surface area contributed by atoms with Crippen LogP contribution in [0.3, 0.4) is 0 Å². The van der Waals surface area contributed by atoms with Crippen molar-refractivity contribution in [3.8, 4) is 0 Å². The molecule has 0 spiro atoms. The SMILES string of the molecule is CC(=O)c1cc(N2CCOCC2)ccn1. The van der Waals surface area contributed by atoms with Gasteiger partial charge < -0.3 is 9.64 Å². The van der Waals surface area contributed by atoms with Crippen LogP contribution in [0.4, 0.5) is 5.69 Å². The normalized spacial score (nSPS) is 16.5. The van der Waals surface area contributed by atoms with Crippen molar-refractivity contribution in [2.75, 3.05) is 31.2 Å². The highest BCUT2D eigenvalue weighted by atomic mass is 16.5. The molecule has 0 aromatic carbocycles. The van der Waals surface area contributed by atoms with Crippen molar-refractivity contribution in [1.29, 1.82) is 0 Å². The van der Waals surface area contributed by atoms with E-state index in [0.29, 0.717) is 5.69 Å². The Morgan fingerprint density at radius 2 is 2.20 bits per heavy atom. The number of morpholine rings is 1. The van der Waals surface area contributed by atoms with Crippen molar-refractivity contribution in [3.63, 3.8) is 0 Å². The highest BCUT2D eigenvalue weighted by Crippen LogP contribution is 2.16. The molecule has 15 heavy (non-hydrogen) atoms. The van der Waals surface area contributed by atoms with Crippen LogP contribution in [0, 0.1) is 0 Å². The minimum Gasteiger partial charge on any atom is -0.378 e. The molecule has 0 atom stereocenters. The fourth-order valence-electron chi connectivity index (χ4n) is 1.63. The Labute approximate surface area is 88.9 Å². The largest absolute Gasteiger partial charge is 0.378 e. The lowest BCUT2D eigenvalue weighted by atomic mass is 10.2. The lowest BCUT2D eigenvalue weighted by molar-refractivity contribution is 0.101. The third-order valence-electron chi connectivity index (χ3n) is 2.48. The summed E-state index contributed by atoms with van der Waals surface area (Å²) in [4.78, 5) is 17.4. The van der Waals surface area contributed by atoms with Crippen LogP contribution in [0.15, 0.2) is 18.3 Å². The minimum atomic E-state index is 0.00473. The quantitative estimate of drug-likeness (QED) is 0.680. The Balaban J connectivity index is 2.19. The summed E-state index contributed by atoms with van der Waals surface area (Å²) in [7, 11) is 0. The molecular weight excluding hydrogens is 192 g/mol. The lowest BCUT2D eigenvalue weighted by Gasteiger charge is -2.28. The summed E-state index contributed by atoms with van der Waals surface area (Å²) >= 11 is 0. The molecule has 1 aliphatic rings. The molecule has 0 aliphatic carbocycles. The van der Waals surface area contributed by atoms with Crippen molar-refractivity contribution in [2.45, 2.75) is 6.92 Å². The van der Waals surface area contributed by atoms with Gasteiger partial charge in [-0.3, -0.25) is 9.78 Å².